The zero-order valence-corrected chi connectivity index (χ0v) is 15.0. The van der Waals surface area contributed by atoms with Crippen LogP contribution in [0.1, 0.15) is 17.9 Å². The van der Waals surface area contributed by atoms with E-state index < -0.39 is 0 Å². The van der Waals surface area contributed by atoms with Gasteiger partial charge in [0.25, 0.3) is 0 Å². The number of hydrogen-bond donors (Lipinski definition) is 1. The standard InChI is InChI=1S/C21H24N2O3/c1-26-20-5-3-2-4-19(20)22-10-12-23(13-11-22)21(25)18-14-17(18)15-6-8-16(24)9-7-15/h2-9,17-18,24H,10-14H2,1H3. The fourth-order valence-electron chi connectivity index (χ4n) is 3.85. The van der Waals surface area contributed by atoms with Crippen molar-refractivity contribution < 1.29 is 14.6 Å². The van der Waals surface area contributed by atoms with Gasteiger partial charge in [-0.1, -0.05) is 24.3 Å². The van der Waals surface area contributed by atoms with Crippen LogP contribution < -0.4 is 9.64 Å². The molecule has 2 aliphatic rings. The molecule has 2 aromatic rings. The average Bonchev–Trinajstić information content (AvgIpc) is 3.49. The molecule has 5 heteroatoms. The van der Waals surface area contributed by atoms with Crippen molar-refractivity contribution >= 4 is 11.6 Å². The van der Waals surface area contributed by atoms with E-state index in [1.807, 2.05) is 35.2 Å². The third kappa shape index (κ3) is 3.21. The molecule has 5 nitrogen and oxygen atoms in total. The van der Waals surface area contributed by atoms with Crippen molar-refractivity contribution in [3.63, 3.8) is 0 Å². The molecule has 2 atom stereocenters. The van der Waals surface area contributed by atoms with E-state index in [-0.39, 0.29) is 17.6 Å². The number of anilines is 1. The number of phenols is 1. The van der Waals surface area contributed by atoms with Crippen LogP contribution in [-0.4, -0.2) is 49.2 Å². The Hall–Kier alpha value is -2.69. The summed E-state index contributed by atoms with van der Waals surface area (Å²) in [5, 5.41) is 9.41. The molecule has 1 aliphatic carbocycles. The van der Waals surface area contributed by atoms with Gasteiger partial charge in [-0.05, 0) is 42.2 Å². The van der Waals surface area contributed by atoms with Crippen molar-refractivity contribution in [1.29, 1.82) is 0 Å². The lowest BCUT2D eigenvalue weighted by atomic mass is 10.1. The monoisotopic (exact) mass is 352 g/mol. The highest BCUT2D eigenvalue weighted by Crippen LogP contribution is 2.48. The topological polar surface area (TPSA) is 53.0 Å². The van der Waals surface area contributed by atoms with E-state index in [1.165, 1.54) is 0 Å². The highest BCUT2D eigenvalue weighted by molar-refractivity contribution is 5.83. The number of benzene rings is 2. The normalized spacial score (nSPS) is 22.2. The van der Waals surface area contributed by atoms with Crippen LogP contribution in [0.2, 0.25) is 0 Å². The number of carbonyl (C=O) groups excluding carboxylic acids is 1. The summed E-state index contributed by atoms with van der Waals surface area (Å²) >= 11 is 0. The SMILES string of the molecule is COc1ccccc1N1CCN(C(=O)C2CC2c2ccc(O)cc2)CC1. The Morgan fingerprint density at radius 1 is 1.04 bits per heavy atom. The number of phenolic OH excluding ortho intramolecular Hbond substituents is 1. The number of ether oxygens (including phenoxy) is 1. The van der Waals surface area contributed by atoms with Gasteiger partial charge in [0, 0.05) is 32.1 Å². The molecular formula is C21H24N2O3. The summed E-state index contributed by atoms with van der Waals surface area (Å²) in [4.78, 5) is 17.1. The van der Waals surface area contributed by atoms with E-state index >= 15 is 0 Å². The minimum Gasteiger partial charge on any atom is -0.508 e. The van der Waals surface area contributed by atoms with E-state index in [0.717, 1.165) is 49.6 Å². The maximum Gasteiger partial charge on any atom is 0.226 e. The molecule has 1 heterocycles. The van der Waals surface area contributed by atoms with Crippen LogP contribution in [-0.2, 0) is 4.79 Å². The fraction of sp³-hybridized carbons (Fsp3) is 0.381. The molecule has 0 radical (unpaired) electrons. The summed E-state index contributed by atoms with van der Waals surface area (Å²) in [5.74, 6) is 1.81. The van der Waals surface area contributed by atoms with E-state index in [4.69, 9.17) is 4.74 Å². The van der Waals surface area contributed by atoms with Crippen molar-refractivity contribution in [3.8, 4) is 11.5 Å². The predicted octanol–water partition coefficient (Wildman–Crippen LogP) is 2.85. The number of carbonyl (C=O) groups is 1. The predicted molar refractivity (Wildman–Crippen MR) is 101 cm³/mol. The van der Waals surface area contributed by atoms with Crippen molar-refractivity contribution in [2.45, 2.75) is 12.3 Å². The fourth-order valence-corrected chi connectivity index (χ4v) is 3.85. The molecule has 1 aliphatic heterocycles. The second-order valence-electron chi connectivity index (χ2n) is 7.02. The summed E-state index contributed by atoms with van der Waals surface area (Å²) in [6, 6.07) is 15.3. The summed E-state index contributed by atoms with van der Waals surface area (Å²) in [7, 11) is 1.69. The third-order valence-corrected chi connectivity index (χ3v) is 5.45. The first-order valence-electron chi connectivity index (χ1n) is 9.13. The minimum atomic E-state index is 0.0948. The van der Waals surface area contributed by atoms with Gasteiger partial charge in [-0.25, -0.2) is 0 Å². The van der Waals surface area contributed by atoms with Crippen molar-refractivity contribution in [3.05, 3.63) is 54.1 Å². The quantitative estimate of drug-likeness (QED) is 0.919. The Bertz CT molecular complexity index is 782. The number of hydrogen-bond acceptors (Lipinski definition) is 4. The lowest BCUT2D eigenvalue weighted by molar-refractivity contribution is -0.132. The van der Waals surface area contributed by atoms with Crippen LogP contribution in [0, 0.1) is 5.92 Å². The van der Waals surface area contributed by atoms with Crippen LogP contribution >= 0.6 is 0 Å². The second kappa shape index (κ2) is 6.90. The molecule has 0 aromatic heterocycles. The Morgan fingerprint density at radius 2 is 1.73 bits per heavy atom. The van der Waals surface area contributed by atoms with Gasteiger partial charge in [0.05, 0.1) is 12.8 Å². The van der Waals surface area contributed by atoms with Crippen molar-refractivity contribution in [1.82, 2.24) is 4.90 Å². The van der Waals surface area contributed by atoms with E-state index in [1.54, 1.807) is 19.2 Å². The third-order valence-electron chi connectivity index (χ3n) is 5.45. The Kier molecular flexibility index (Phi) is 4.45. The first-order valence-corrected chi connectivity index (χ1v) is 9.13. The second-order valence-corrected chi connectivity index (χ2v) is 7.02. The van der Waals surface area contributed by atoms with E-state index in [2.05, 4.69) is 11.0 Å². The number of amides is 1. The zero-order valence-electron chi connectivity index (χ0n) is 15.0. The van der Waals surface area contributed by atoms with Gasteiger partial charge in [0.15, 0.2) is 0 Å². The Balaban J connectivity index is 1.35. The molecule has 1 saturated heterocycles. The molecule has 4 rings (SSSR count). The number of methoxy groups -OCH3 is 1. The molecular weight excluding hydrogens is 328 g/mol. The van der Waals surface area contributed by atoms with E-state index in [9.17, 15) is 9.90 Å². The van der Waals surface area contributed by atoms with Gasteiger partial charge < -0.3 is 19.6 Å². The van der Waals surface area contributed by atoms with Crippen molar-refractivity contribution in [2.24, 2.45) is 5.92 Å². The van der Waals surface area contributed by atoms with Gasteiger partial charge in [0.2, 0.25) is 5.91 Å². The van der Waals surface area contributed by atoms with Gasteiger partial charge in [-0.2, -0.15) is 0 Å². The van der Waals surface area contributed by atoms with Crippen LogP contribution in [0.15, 0.2) is 48.5 Å². The number of rotatable bonds is 4. The molecule has 0 bridgehead atoms. The molecule has 2 aromatic carbocycles. The molecule has 2 fully saturated rings. The molecule has 136 valence electrons. The van der Waals surface area contributed by atoms with Crippen LogP contribution in [0.4, 0.5) is 5.69 Å². The lowest BCUT2D eigenvalue weighted by Crippen LogP contribution is -2.49. The maximum absolute atomic E-state index is 12.8. The summed E-state index contributed by atoms with van der Waals surface area (Å²) in [6.07, 6.45) is 0.913. The zero-order chi connectivity index (χ0) is 18.1. The highest BCUT2D eigenvalue weighted by atomic mass is 16.5. The lowest BCUT2D eigenvalue weighted by Gasteiger charge is -2.36. The van der Waals surface area contributed by atoms with Gasteiger partial charge in [-0.15, -0.1) is 0 Å². The van der Waals surface area contributed by atoms with Gasteiger partial charge in [0.1, 0.15) is 11.5 Å². The number of para-hydroxylation sites is 2. The average molecular weight is 352 g/mol. The molecule has 1 N–H and O–H groups in total. The van der Waals surface area contributed by atoms with Gasteiger partial charge >= 0.3 is 0 Å². The smallest absolute Gasteiger partial charge is 0.226 e. The molecule has 2 unspecified atom stereocenters. The van der Waals surface area contributed by atoms with Gasteiger partial charge in [-0.3, -0.25) is 4.79 Å². The summed E-state index contributed by atoms with van der Waals surface area (Å²) in [5.41, 5.74) is 2.24. The molecule has 0 spiro atoms. The number of piperazine rings is 1. The largest absolute Gasteiger partial charge is 0.508 e. The number of aromatic hydroxyl groups is 1. The Morgan fingerprint density at radius 3 is 2.42 bits per heavy atom. The molecule has 1 amide bonds. The highest BCUT2D eigenvalue weighted by Gasteiger charge is 2.46. The van der Waals surface area contributed by atoms with Crippen LogP contribution in [0.25, 0.3) is 0 Å². The Labute approximate surface area is 153 Å². The molecule has 26 heavy (non-hydrogen) atoms. The minimum absolute atomic E-state index is 0.0948. The van der Waals surface area contributed by atoms with Crippen LogP contribution in [0.5, 0.6) is 11.5 Å². The number of nitrogens with zero attached hydrogens (tertiary/aromatic N) is 2. The van der Waals surface area contributed by atoms with Crippen molar-refractivity contribution in [2.75, 3.05) is 38.2 Å². The summed E-state index contributed by atoms with van der Waals surface area (Å²) < 4.78 is 5.45. The molecule has 1 saturated carbocycles. The maximum atomic E-state index is 12.8. The first kappa shape index (κ1) is 16.8. The van der Waals surface area contributed by atoms with Crippen LogP contribution in [0.3, 0.4) is 0 Å². The first-order chi connectivity index (χ1) is 12.7. The van der Waals surface area contributed by atoms with E-state index in [0.29, 0.717) is 5.92 Å². The summed E-state index contributed by atoms with van der Waals surface area (Å²) in [6.45, 7) is 3.14.